The average Bonchev–Trinajstić information content (AvgIpc) is 3.94. The summed E-state index contributed by atoms with van der Waals surface area (Å²) < 4.78 is 20.0. The van der Waals surface area contributed by atoms with Crippen LogP contribution in [0.25, 0.3) is 49.8 Å². The van der Waals surface area contributed by atoms with Crippen molar-refractivity contribution in [2.24, 2.45) is 0 Å². The molecule has 1 atom stereocenters. The van der Waals surface area contributed by atoms with Crippen LogP contribution in [0.4, 0.5) is 11.4 Å². The van der Waals surface area contributed by atoms with E-state index in [9.17, 15) is 0 Å². The molecular formula is C55H35NO3. The second-order valence-corrected chi connectivity index (χ2v) is 15.8. The summed E-state index contributed by atoms with van der Waals surface area (Å²) in [5, 5.41) is 2.25. The fraction of sp³-hybridized carbons (Fsp3) is 0.0545. The Morgan fingerprint density at radius 3 is 1.98 bits per heavy atom. The number of allylic oxidation sites excluding steroid dienone is 2. The second kappa shape index (κ2) is 12.2. The fourth-order valence-corrected chi connectivity index (χ4v) is 10.5. The van der Waals surface area contributed by atoms with Crippen molar-refractivity contribution in [2.45, 2.75) is 17.9 Å². The van der Waals surface area contributed by atoms with Crippen LogP contribution in [0.5, 0.6) is 23.0 Å². The maximum absolute atomic E-state index is 6.93. The molecule has 4 nitrogen and oxygen atoms in total. The summed E-state index contributed by atoms with van der Waals surface area (Å²) in [4.78, 5) is 2.44. The van der Waals surface area contributed by atoms with E-state index in [4.69, 9.17) is 13.9 Å². The summed E-state index contributed by atoms with van der Waals surface area (Å²) >= 11 is 0. The molecule has 9 aromatic rings. The Labute approximate surface area is 341 Å². The van der Waals surface area contributed by atoms with Crippen molar-refractivity contribution in [2.75, 3.05) is 4.90 Å². The highest BCUT2D eigenvalue weighted by atomic mass is 16.6. The van der Waals surface area contributed by atoms with Crippen LogP contribution in [0.1, 0.15) is 34.2 Å². The number of hydrogen-bond donors (Lipinski definition) is 0. The zero-order valence-electron chi connectivity index (χ0n) is 31.9. The molecule has 1 aromatic heterocycles. The van der Waals surface area contributed by atoms with Crippen LogP contribution in [0, 0.1) is 0 Å². The van der Waals surface area contributed by atoms with E-state index in [0.717, 1.165) is 67.9 Å². The van der Waals surface area contributed by atoms with Crippen LogP contribution in [-0.2, 0) is 5.41 Å². The summed E-state index contributed by atoms with van der Waals surface area (Å²) in [5.74, 6) is 2.94. The monoisotopic (exact) mass is 757 g/mol. The summed E-state index contributed by atoms with van der Waals surface area (Å²) in [5.41, 5.74) is 15.8. The Hall–Kier alpha value is -7.56. The Kier molecular flexibility index (Phi) is 6.74. The van der Waals surface area contributed by atoms with Gasteiger partial charge in [-0.1, -0.05) is 146 Å². The number of benzene rings is 8. The Morgan fingerprint density at radius 1 is 0.525 bits per heavy atom. The van der Waals surface area contributed by atoms with Gasteiger partial charge in [0.05, 0.1) is 22.5 Å². The topological polar surface area (TPSA) is 34.8 Å². The molecule has 0 saturated carbocycles. The van der Waals surface area contributed by atoms with Crippen LogP contribution in [0.3, 0.4) is 0 Å². The van der Waals surface area contributed by atoms with Gasteiger partial charge in [-0.25, -0.2) is 0 Å². The summed E-state index contributed by atoms with van der Waals surface area (Å²) in [6.45, 7) is 0. The molecule has 4 heteroatoms. The van der Waals surface area contributed by atoms with E-state index in [2.05, 4.69) is 187 Å². The van der Waals surface area contributed by atoms with E-state index in [-0.39, 0.29) is 6.04 Å². The molecule has 0 radical (unpaired) electrons. The van der Waals surface area contributed by atoms with Gasteiger partial charge in [0.2, 0.25) is 0 Å². The van der Waals surface area contributed by atoms with Gasteiger partial charge in [-0.2, -0.15) is 0 Å². The zero-order chi connectivity index (χ0) is 38.7. The van der Waals surface area contributed by atoms with E-state index in [1.807, 2.05) is 12.1 Å². The summed E-state index contributed by atoms with van der Waals surface area (Å²) in [6, 6.07) is 62.7. The first-order chi connectivity index (χ1) is 29.3. The molecule has 278 valence electrons. The number of fused-ring (bicyclic) bond motifs is 16. The first-order valence-corrected chi connectivity index (χ1v) is 20.4. The minimum atomic E-state index is -0.436. The van der Waals surface area contributed by atoms with E-state index >= 15 is 0 Å². The molecule has 1 aliphatic heterocycles. The van der Waals surface area contributed by atoms with Crippen molar-refractivity contribution in [3.05, 3.63) is 222 Å². The van der Waals surface area contributed by atoms with Gasteiger partial charge in [-0.3, -0.25) is 0 Å². The van der Waals surface area contributed by atoms with Gasteiger partial charge < -0.3 is 18.8 Å². The van der Waals surface area contributed by atoms with Crippen LogP contribution >= 0.6 is 0 Å². The summed E-state index contributed by atoms with van der Waals surface area (Å²) in [7, 11) is 0. The maximum atomic E-state index is 6.93. The normalized spacial score (nSPS) is 16.0. The second-order valence-electron chi connectivity index (χ2n) is 15.8. The molecule has 13 rings (SSSR count). The minimum absolute atomic E-state index is 0.0940. The molecule has 0 amide bonds. The molecule has 8 aromatic carbocycles. The highest BCUT2D eigenvalue weighted by Gasteiger charge is 2.53. The van der Waals surface area contributed by atoms with Crippen LogP contribution in [0.15, 0.2) is 199 Å². The third-order valence-electron chi connectivity index (χ3n) is 12.9. The maximum Gasteiger partial charge on any atom is 0.178 e. The minimum Gasteiger partial charge on any atom is -0.456 e. The molecule has 0 N–H and O–H groups in total. The molecule has 1 unspecified atom stereocenters. The van der Waals surface area contributed by atoms with Crippen molar-refractivity contribution in [3.8, 4) is 45.3 Å². The number of anilines is 2. The Balaban J connectivity index is 0.854. The lowest BCUT2D eigenvalue weighted by Crippen LogP contribution is -2.30. The number of hydrogen-bond acceptors (Lipinski definition) is 4. The van der Waals surface area contributed by atoms with Crippen LogP contribution in [-0.4, -0.2) is 6.04 Å². The number of nitrogens with zero attached hydrogens (tertiary/aromatic N) is 1. The molecule has 2 heterocycles. The van der Waals surface area contributed by atoms with Crippen molar-refractivity contribution in [3.63, 3.8) is 0 Å². The Bertz CT molecular complexity index is 3230. The SMILES string of the molecule is C1=CC(N(c2ccccc2)c2cccc3oc4ccccc4c23)CC=C1c1ccc2c(c1)Oc1ccc3c(c1O2)-c1ccccc1C31c2ccccc2-c2ccccc21. The van der Waals surface area contributed by atoms with Gasteiger partial charge >= 0.3 is 0 Å². The lowest BCUT2D eigenvalue weighted by atomic mass is 9.70. The van der Waals surface area contributed by atoms with Gasteiger partial charge in [0.15, 0.2) is 23.0 Å². The van der Waals surface area contributed by atoms with Crippen molar-refractivity contribution in [1.29, 1.82) is 0 Å². The number of furan rings is 1. The number of para-hydroxylation sites is 2. The molecule has 59 heavy (non-hydrogen) atoms. The first-order valence-electron chi connectivity index (χ1n) is 20.4. The molecule has 4 aliphatic rings. The van der Waals surface area contributed by atoms with Gasteiger partial charge in [0.25, 0.3) is 0 Å². The van der Waals surface area contributed by atoms with Gasteiger partial charge in [0.1, 0.15) is 11.2 Å². The zero-order valence-corrected chi connectivity index (χ0v) is 31.9. The standard InChI is InChI=1S/C55H35NO3/c1-2-13-36(14-3-1)56(46-22-12-24-49-53(46)41-18-7-11-23-47(41)57-49)37-28-25-34(26-29-37)35-27-31-48-51(33-35)58-50-32-30-45-52(54(50)59-48)40-17-6-10-21-44(40)55(45)42-19-8-4-15-38(42)39-16-5-9-20-43(39)55/h1-28,30-33,37H,29H2. The van der Waals surface area contributed by atoms with Gasteiger partial charge in [-0.15, -0.1) is 0 Å². The molecule has 1 spiro atoms. The van der Waals surface area contributed by atoms with Crippen LogP contribution in [0.2, 0.25) is 0 Å². The van der Waals surface area contributed by atoms with E-state index < -0.39 is 5.41 Å². The molecule has 3 aliphatic carbocycles. The molecule has 0 fully saturated rings. The number of ether oxygens (including phenoxy) is 2. The number of rotatable bonds is 4. The largest absolute Gasteiger partial charge is 0.456 e. The molecular weight excluding hydrogens is 723 g/mol. The molecule has 0 saturated heterocycles. The van der Waals surface area contributed by atoms with Crippen LogP contribution < -0.4 is 14.4 Å². The highest BCUT2D eigenvalue weighted by Crippen LogP contribution is 2.66. The van der Waals surface area contributed by atoms with Crippen molar-refractivity contribution < 1.29 is 13.9 Å². The van der Waals surface area contributed by atoms with Gasteiger partial charge in [0, 0.05) is 16.6 Å². The Morgan fingerprint density at radius 2 is 1.20 bits per heavy atom. The third-order valence-corrected chi connectivity index (χ3v) is 12.9. The highest BCUT2D eigenvalue weighted by molar-refractivity contribution is 6.12. The van der Waals surface area contributed by atoms with Crippen molar-refractivity contribution >= 4 is 38.9 Å². The van der Waals surface area contributed by atoms with Gasteiger partial charge in [-0.05, 0) is 105 Å². The predicted octanol–water partition coefficient (Wildman–Crippen LogP) is 14.4. The van der Waals surface area contributed by atoms with Crippen molar-refractivity contribution in [1.82, 2.24) is 0 Å². The average molecular weight is 758 g/mol. The van der Waals surface area contributed by atoms with E-state index in [1.165, 1.54) is 38.9 Å². The first kappa shape index (κ1) is 32.5. The lowest BCUT2D eigenvalue weighted by Gasteiger charge is -2.33. The summed E-state index contributed by atoms with van der Waals surface area (Å²) in [6.07, 6.45) is 7.74. The third kappa shape index (κ3) is 4.49. The smallest absolute Gasteiger partial charge is 0.178 e. The van der Waals surface area contributed by atoms with E-state index in [0.29, 0.717) is 11.5 Å². The quantitative estimate of drug-likeness (QED) is 0.179. The predicted molar refractivity (Wildman–Crippen MR) is 237 cm³/mol. The van der Waals surface area contributed by atoms with E-state index in [1.54, 1.807) is 0 Å². The fourth-order valence-electron chi connectivity index (χ4n) is 10.5. The molecule has 0 bridgehead atoms. The lowest BCUT2D eigenvalue weighted by molar-refractivity contribution is 0.360.